The lowest BCUT2D eigenvalue weighted by Gasteiger charge is -2.36. The summed E-state index contributed by atoms with van der Waals surface area (Å²) in [5.41, 5.74) is 6.74. The third kappa shape index (κ3) is 3.14. The zero-order valence-corrected chi connectivity index (χ0v) is 11.3. The molecule has 3 unspecified atom stereocenters. The van der Waals surface area contributed by atoms with Gasteiger partial charge in [0.2, 0.25) is 5.91 Å². The van der Waals surface area contributed by atoms with Crippen LogP contribution in [0.5, 0.6) is 0 Å². The molecule has 0 radical (unpaired) electrons. The Morgan fingerprint density at radius 2 is 2.16 bits per heavy atom. The second-order valence-electron chi connectivity index (χ2n) is 5.32. The molecule has 4 nitrogen and oxygen atoms in total. The lowest BCUT2D eigenvalue weighted by Crippen LogP contribution is -2.47. The molecule has 2 rings (SSSR count). The summed E-state index contributed by atoms with van der Waals surface area (Å²) < 4.78 is 0. The number of benzene rings is 1. The Morgan fingerprint density at radius 3 is 2.74 bits per heavy atom. The number of hydrogen-bond acceptors (Lipinski definition) is 3. The standard InChI is InChI=1S/C15H22N2O2/c1-11-10-17(8-7-14(11)18)15(19)13(9-16)12-5-3-2-4-6-12/h2-6,11,13-14,18H,7-10,16H2,1H3. The van der Waals surface area contributed by atoms with E-state index < -0.39 is 0 Å². The molecule has 0 saturated carbocycles. The topological polar surface area (TPSA) is 66.6 Å². The SMILES string of the molecule is CC1CN(C(=O)C(CN)c2ccccc2)CCC1O. The summed E-state index contributed by atoms with van der Waals surface area (Å²) in [5, 5.41) is 9.73. The number of carbonyl (C=O) groups is 1. The molecular weight excluding hydrogens is 240 g/mol. The first kappa shape index (κ1) is 14.0. The molecule has 3 N–H and O–H groups in total. The molecule has 104 valence electrons. The molecule has 1 amide bonds. The number of likely N-dealkylation sites (tertiary alicyclic amines) is 1. The predicted octanol–water partition coefficient (Wildman–Crippen LogP) is 0.958. The predicted molar refractivity (Wildman–Crippen MR) is 74.6 cm³/mol. The molecule has 1 heterocycles. The first-order valence-electron chi connectivity index (χ1n) is 6.85. The van der Waals surface area contributed by atoms with Gasteiger partial charge >= 0.3 is 0 Å². The van der Waals surface area contributed by atoms with Gasteiger partial charge in [0.05, 0.1) is 12.0 Å². The van der Waals surface area contributed by atoms with Crippen molar-refractivity contribution in [3.8, 4) is 0 Å². The Hall–Kier alpha value is -1.39. The van der Waals surface area contributed by atoms with Crippen molar-refractivity contribution in [2.24, 2.45) is 11.7 Å². The smallest absolute Gasteiger partial charge is 0.231 e. The summed E-state index contributed by atoms with van der Waals surface area (Å²) in [4.78, 5) is 14.4. The number of hydrogen-bond donors (Lipinski definition) is 2. The van der Waals surface area contributed by atoms with Crippen molar-refractivity contribution in [1.82, 2.24) is 4.90 Å². The third-order valence-corrected chi connectivity index (χ3v) is 3.91. The van der Waals surface area contributed by atoms with Crippen molar-refractivity contribution in [3.05, 3.63) is 35.9 Å². The van der Waals surface area contributed by atoms with E-state index in [1.165, 1.54) is 0 Å². The molecule has 1 fully saturated rings. The molecule has 19 heavy (non-hydrogen) atoms. The molecule has 0 aromatic heterocycles. The van der Waals surface area contributed by atoms with E-state index in [0.29, 0.717) is 26.1 Å². The fourth-order valence-electron chi connectivity index (χ4n) is 2.62. The first-order valence-corrected chi connectivity index (χ1v) is 6.85. The van der Waals surface area contributed by atoms with Gasteiger partial charge in [0.15, 0.2) is 0 Å². The number of nitrogens with zero attached hydrogens (tertiary/aromatic N) is 1. The average molecular weight is 262 g/mol. The van der Waals surface area contributed by atoms with E-state index in [-0.39, 0.29) is 23.8 Å². The maximum absolute atomic E-state index is 12.5. The van der Waals surface area contributed by atoms with Gasteiger partial charge in [-0.3, -0.25) is 4.79 Å². The van der Waals surface area contributed by atoms with Gasteiger partial charge in [0.25, 0.3) is 0 Å². The van der Waals surface area contributed by atoms with Crippen LogP contribution in [0.25, 0.3) is 0 Å². The largest absolute Gasteiger partial charge is 0.393 e. The zero-order chi connectivity index (χ0) is 13.8. The quantitative estimate of drug-likeness (QED) is 0.852. The van der Waals surface area contributed by atoms with E-state index in [2.05, 4.69) is 0 Å². The summed E-state index contributed by atoms with van der Waals surface area (Å²) in [6.45, 7) is 3.53. The highest BCUT2D eigenvalue weighted by Crippen LogP contribution is 2.22. The number of rotatable bonds is 3. The second-order valence-corrected chi connectivity index (χ2v) is 5.32. The maximum Gasteiger partial charge on any atom is 0.231 e. The molecule has 0 aliphatic carbocycles. The Bertz CT molecular complexity index is 421. The van der Waals surface area contributed by atoms with E-state index in [9.17, 15) is 9.90 Å². The molecule has 4 heteroatoms. The van der Waals surface area contributed by atoms with Crippen LogP contribution in [0.15, 0.2) is 30.3 Å². The minimum absolute atomic E-state index is 0.0763. The van der Waals surface area contributed by atoms with E-state index in [0.717, 1.165) is 5.56 Å². The van der Waals surface area contributed by atoms with Gasteiger partial charge in [-0.15, -0.1) is 0 Å². The molecule has 1 aromatic rings. The van der Waals surface area contributed by atoms with Crippen LogP contribution in [-0.2, 0) is 4.79 Å². The normalized spacial score (nSPS) is 25.1. The van der Waals surface area contributed by atoms with Gasteiger partial charge in [-0.25, -0.2) is 0 Å². The molecule has 0 spiro atoms. The number of aliphatic hydroxyl groups excluding tert-OH is 1. The van der Waals surface area contributed by atoms with Gasteiger partial charge in [-0.05, 0) is 17.9 Å². The Labute approximate surface area is 114 Å². The zero-order valence-electron chi connectivity index (χ0n) is 11.3. The summed E-state index contributed by atoms with van der Waals surface area (Å²) in [7, 11) is 0. The van der Waals surface area contributed by atoms with Crippen LogP contribution in [0.1, 0.15) is 24.8 Å². The van der Waals surface area contributed by atoms with Gasteiger partial charge in [-0.2, -0.15) is 0 Å². The summed E-state index contributed by atoms with van der Waals surface area (Å²) in [5.74, 6) is -0.0667. The fourth-order valence-corrected chi connectivity index (χ4v) is 2.62. The van der Waals surface area contributed by atoms with Crippen molar-refractivity contribution in [2.75, 3.05) is 19.6 Å². The van der Waals surface area contributed by atoms with Gasteiger partial charge in [0, 0.05) is 19.6 Å². The fraction of sp³-hybridized carbons (Fsp3) is 0.533. The minimum atomic E-state index is -0.294. The summed E-state index contributed by atoms with van der Waals surface area (Å²) in [6.07, 6.45) is 0.357. The maximum atomic E-state index is 12.5. The number of amides is 1. The second kappa shape index (κ2) is 6.17. The highest BCUT2D eigenvalue weighted by atomic mass is 16.3. The monoisotopic (exact) mass is 262 g/mol. The lowest BCUT2D eigenvalue weighted by atomic mass is 9.93. The van der Waals surface area contributed by atoms with E-state index in [1.54, 1.807) is 0 Å². The molecule has 1 aliphatic rings. The van der Waals surface area contributed by atoms with E-state index in [1.807, 2.05) is 42.2 Å². The van der Waals surface area contributed by atoms with Crippen LogP contribution in [0.3, 0.4) is 0 Å². The van der Waals surface area contributed by atoms with Crippen molar-refractivity contribution < 1.29 is 9.90 Å². The Morgan fingerprint density at radius 1 is 1.47 bits per heavy atom. The number of piperidine rings is 1. The Kier molecular flexibility index (Phi) is 4.56. The van der Waals surface area contributed by atoms with Crippen LogP contribution in [0.2, 0.25) is 0 Å². The first-order chi connectivity index (χ1) is 9.13. The molecule has 1 saturated heterocycles. The average Bonchev–Trinajstić information content (AvgIpc) is 2.44. The Balaban J connectivity index is 2.09. The minimum Gasteiger partial charge on any atom is -0.393 e. The van der Waals surface area contributed by atoms with Crippen LogP contribution in [-0.4, -0.2) is 41.7 Å². The van der Waals surface area contributed by atoms with E-state index in [4.69, 9.17) is 5.73 Å². The van der Waals surface area contributed by atoms with Crippen LogP contribution in [0.4, 0.5) is 0 Å². The summed E-state index contributed by atoms with van der Waals surface area (Å²) in [6, 6.07) is 9.66. The van der Waals surface area contributed by atoms with Gasteiger partial charge < -0.3 is 15.7 Å². The van der Waals surface area contributed by atoms with E-state index >= 15 is 0 Å². The molecule has 3 atom stereocenters. The van der Waals surface area contributed by atoms with Gasteiger partial charge in [-0.1, -0.05) is 37.3 Å². The van der Waals surface area contributed by atoms with Crippen molar-refractivity contribution in [2.45, 2.75) is 25.4 Å². The number of nitrogens with two attached hydrogens (primary N) is 1. The number of aliphatic hydroxyl groups is 1. The molecule has 1 aromatic carbocycles. The number of carbonyl (C=O) groups excluding carboxylic acids is 1. The highest BCUT2D eigenvalue weighted by molar-refractivity contribution is 5.84. The van der Waals surface area contributed by atoms with Crippen LogP contribution in [0, 0.1) is 5.92 Å². The van der Waals surface area contributed by atoms with Crippen molar-refractivity contribution in [3.63, 3.8) is 0 Å². The lowest BCUT2D eigenvalue weighted by molar-refractivity contribution is -0.136. The van der Waals surface area contributed by atoms with Crippen LogP contribution >= 0.6 is 0 Å². The molecule has 0 bridgehead atoms. The summed E-state index contributed by atoms with van der Waals surface area (Å²) >= 11 is 0. The molecular formula is C15H22N2O2. The van der Waals surface area contributed by atoms with Crippen LogP contribution < -0.4 is 5.73 Å². The third-order valence-electron chi connectivity index (χ3n) is 3.91. The van der Waals surface area contributed by atoms with Gasteiger partial charge in [0.1, 0.15) is 0 Å². The highest BCUT2D eigenvalue weighted by Gasteiger charge is 2.31. The van der Waals surface area contributed by atoms with Crippen molar-refractivity contribution in [1.29, 1.82) is 0 Å². The molecule has 1 aliphatic heterocycles. The van der Waals surface area contributed by atoms with Crippen molar-refractivity contribution >= 4 is 5.91 Å².